The van der Waals surface area contributed by atoms with Gasteiger partial charge in [-0.2, -0.15) is 4.31 Å². The summed E-state index contributed by atoms with van der Waals surface area (Å²) in [5.41, 5.74) is -0.976. The van der Waals surface area contributed by atoms with Crippen LogP contribution in [0.2, 0.25) is 5.02 Å². The lowest BCUT2D eigenvalue weighted by Gasteiger charge is -2.73. The van der Waals surface area contributed by atoms with E-state index >= 15 is 0 Å². The number of amides is 1. The Morgan fingerprint density at radius 2 is 1.79 bits per heavy atom. The minimum Gasteiger partial charge on any atom is -0.366 e. The summed E-state index contributed by atoms with van der Waals surface area (Å²) in [4.78, 5) is 18.1. The Kier molecular flexibility index (Phi) is 6.67. The number of aliphatic imine (C=N–C) groups is 1. The number of hydrogen-bond donors (Lipinski definition) is 2. The molecule has 210 valence electrons. The molecule has 0 spiro atoms. The van der Waals surface area contributed by atoms with E-state index in [9.17, 15) is 17.6 Å². The quantitative estimate of drug-likeness (QED) is 0.469. The van der Waals surface area contributed by atoms with Gasteiger partial charge in [-0.05, 0) is 68.4 Å². The smallest absolute Gasteiger partial charge is 0.247 e. The van der Waals surface area contributed by atoms with Crippen LogP contribution in [0.4, 0.5) is 4.39 Å². The summed E-state index contributed by atoms with van der Waals surface area (Å²) in [5.74, 6) is 0.0828. The number of nitrogens with zero attached hydrogens (tertiary/aromatic N) is 2. The summed E-state index contributed by atoms with van der Waals surface area (Å²) in [6.45, 7) is 10.7. The first-order chi connectivity index (χ1) is 18.1. The molecule has 2 aromatic carbocycles. The van der Waals surface area contributed by atoms with E-state index in [0.717, 1.165) is 5.84 Å². The van der Waals surface area contributed by atoms with Gasteiger partial charge in [0.05, 0.1) is 15.5 Å². The van der Waals surface area contributed by atoms with Gasteiger partial charge < -0.3 is 10.6 Å². The fourth-order valence-electron chi connectivity index (χ4n) is 6.08. The van der Waals surface area contributed by atoms with E-state index in [2.05, 4.69) is 31.4 Å². The molecule has 0 saturated heterocycles. The molecule has 2 aromatic rings. The molecule has 4 aliphatic rings. The molecular weight excluding hydrogens is 539 g/mol. The fourth-order valence-corrected chi connectivity index (χ4v) is 7.98. The molecule has 2 bridgehead atoms. The van der Waals surface area contributed by atoms with Crippen molar-refractivity contribution in [1.29, 1.82) is 0 Å². The zero-order valence-electron chi connectivity index (χ0n) is 23.0. The van der Waals surface area contributed by atoms with E-state index < -0.39 is 33.0 Å². The number of carbonyl (C=O) groups is 1. The van der Waals surface area contributed by atoms with Crippen LogP contribution in [0.15, 0.2) is 58.4 Å². The monoisotopic (exact) mass is 574 g/mol. The fraction of sp³-hybridized carbons (Fsp3) is 0.517. The minimum absolute atomic E-state index is 0.00490. The van der Waals surface area contributed by atoms with Gasteiger partial charge in [-0.25, -0.2) is 12.8 Å². The SMILES string of the molecule is CC(C)(C)CNC(=O)[C@@H]1N=C(C23CC(N(Cc4ccc(Cl)c(F)c4)S(=O)(=O)c4ccccc4)(C2)C3)NC1(C)C. The summed E-state index contributed by atoms with van der Waals surface area (Å²) in [5, 5.41) is 6.51. The predicted molar refractivity (Wildman–Crippen MR) is 150 cm³/mol. The number of carbonyl (C=O) groups excluding carboxylic acids is 1. The lowest BCUT2D eigenvalue weighted by Crippen LogP contribution is -2.78. The molecular formula is C29H36ClFN4O3S. The van der Waals surface area contributed by atoms with Crippen molar-refractivity contribution in [3.05, 3.63) is 64.9 Å². The maximum atomic E-state index is 14.3. The highest BCUT2D eigenvalue weighted by molar-refractivity contribution is 7.89. The second kappa shape index (κ2) is 9.28. The van der Waals surface area contributed by atoms with E-state index in [-0.39, 0.29) is 33.2 Å². The van der Waals surface area contributed by atoms with Gasteiger partial charge in [-0.15, -0.1) is 0 Å². The maximum absolute atomic E-state index is 14.3. The number of amidine groups is 1. The second-order valence-corrected chi connectivity index (χ2v) is 15.4. The van der Waals surface area contributed by atoms with Gasteiger partial charge in [0.1, 0.15) is 11.7 Å². The van der Waals surface area contributed by atoms with Crippen LogP contribution in [0.1, 0.15) is 59.4 Å². The van der Waals surface area contributed by atoms with Crippen molar-refractivity contribution in [3.8, 4) is 0 Å². The highest BCUT2D eigenvalue weighted by Gasteiger charge is 2.75. The molecule has 1 atom stereocenters. The maximum Gasteiger partial charge on any atom is 0.247 e. The number of nitrogens with one attached hydrogen (secondary N) is 2. The van der Waals surface area contributed by atoms with E-state index in [0.29, 0.717) is 31.4 Å². The Balaban J connectivity index is 1.39. The molecule has 1 aliphatic heterocycles. The normalized spacial score (nSPS) is 27.3. The van der Waals surface area contributed by atoms with Crippen LogP contribution < -0.4 is 10.6 Å². The molecule has 0 unspecified atom stereocenters. The largest absolute Gasteiger partial charge is 0.366 e. The average Bonchev–Trinajstić information content (AvgIpc) is 3.12. The van der Waals surface area contributed by atoms with Crippen molar-refractivity contribution >= 4 is 33.4 Å². The lowest BCUT2D eigenvalue weighted by molar-refractivity contribution is -0.151. The number of benzene rings is 2. The molecule has 3 aliphatic carbocycles. The number of halogens is 2. The van der Waals surface area contributed by atoms with Crippen molar-refractivity contribution in [2.45, 2.75) is 82.4 Å². The Hall–Kier alpha value is -2.49. The van der Waals surface area contributed by atoms with Crippen LogP contribution in [-0.2, 0) is 21.4 Å². The third-order valence-electron chi connectivity index (χ3n) is 8.10. The van der Waals surface area contributed by atoms with Crippen molar-refractivity contribution < 1.29 is 17.6 Å². The lowest BCUT2D eigenvalue weighted by atomic mass is 9.38. The van der Waals surface area contributed by atoms with Crippen LogP contribution in [-0.4, -0.2) is 48.1 Å². The summed E-state index contributed by atoms with van der Waals surface area (Å²) in [6.07, 6.45) is 1.75. The molecule has 2 N–H and O–H groups in total. The van der Waals surface area contributed by atoms with Crippen molar-refractivity contribution in [2.75, 3.05) is 6.54 Å². The number of sulfonamides is 1. The van der Waals surface area contributed by atoms with Gasteiger partial charge in [0.2, 0.25) is 15.9 Å². The van der Waals surface area contributed by atoms with E-state index in [1.54, 1.807) is 36.4 Å². The highest BCUT2D eigenvalue weighted by Crippen LogP contribution is 2.71. The van der Waals surface area contributed by atoms with Crippen molar-refractivity contribution in [3.63, 3.8) is 0 Å². The molecule has 39 heavy (non-hydrogen) atoms. The van der Waals surface area contributed by atoms with Crippen molar-refractivity contribution in [2.24, 2.45) is 15.8 Å². The molecule has 10 heteroatoms. The third kappa shape index (κ3) is 4.98. The molecule has 0 radical (unpaired) electrons. The average molecular weight is 575 g/mol. The van der Waals surface area contributed by atoms with Gasteiger partial charge in [0, 0.05) is 24.0 Å². The molecule has 3 saturated carbocycles. The van der Waals surface area contributed by atoms with E-state index in [1.165, 1.54) is 16.4 Å². The third-order valence-corrected chi connectivity index (χ3v) is 10.4. The van der Waals surface area contributed by atoms with Crippen LogP contribution in [0.25, 0.3) is 0 Å². The van der Waals surface area contributed by atoms with Gasteiger partial charge in [-0.3, -0.25) is 9.79 Å². The highest BCUT2D eigenvalue weighted by atomic mass is 35.5. The van der Waals surface area contributed by atoms with Crippen LogP contribution in [0.5, 0.6) is 0 Å². The molecule has 1 heterocycles. The van der Waals surface area contributed by atoms with Gasteiger partial charge >= 0.3 is 0 Å². The molecule has 7 nitrogen and oxygen atoms in total. The van der Waals surface area contributed by atoms with Crippen molar-refractivity contribution in [1.82, 2.24) is 14.9 Å². The van der Waals surface area contributed by atoms with Crippen LogP contribution >= 0.6 is 11.6 Å². The standard InChI is InChI=1S/C29H36ClFN4O3S/c1-26(2,3)18-32-24(36)23-27(4,5)34-25(33-23)28-15-29(16-28,17-28)35(14-19-11-12-21(30)22(31)13-19)39(37,38)20-9-7-6-8-10-20/h6-13,23H,14-18H2,1-5H3,(H,32,36)(H,33,34)/t23-,28?,29?/m0/s1. The summed E-state index contributed by atoms with van der Waals surface area (Å²) < 4.78 is 43.5. The first-order valence-electron chi connectivity index (χ1n) is 13.2. The first-order valence-corrected chi connectivity index (χ1v) is 15.0. The zero-order valence-corrected chi connectivity index (χ0v) is 24.6. The minimum atomic E-state index is -3.87. The Morgan fingerprint density at radius 1 is 1.15 bits per heavy atom. The first kappa shape index (κ1) is 28.1. The zero-order chi connectivity index (χ0) is 28.4. The second-order valence-electron chi connectivity index (χ2n) is 13.1. The Bertz CT molecular complexity index is 1420. The molecule has 0 aromatic heterocycles. The topological polar surface area (TPSA) is 90.9 Å². The van der Waals surface area contributed by atoms with E-state index in [4.69, 9.17) is 16.6 Å². The Labute approximate surface area is 235 Å². The molecule has 6 rings (SSSR count). The Morgan fingerprint density at radius 3 is 2.38 bits per heavy atom. The summed E-state index contributed by atoms with van der Waals surface area (Å²) in [6, 6.07) is 12.2. The van der Waals surface area contributed by atoms with Crippen LogP contribution in [0.3, 0.4) is 0 Å². The number of hydrogen-bond acceptors (Lipinski definition) is 5. The number of rotatable bonds is 8. The summed E-state index contributed by atoms with van der Waals surface area (Å²) >= 11 is 5.87. The van der Waals surface area contributed by atoms with Gasteiger partial charge in [0.15, 0.2) is 6.04 Å². The van der Waals surface area contributed by atoms with Crippen LogP contribution in [0, 0.1) is 16.6 Å². The van der Waals surface area contributed by atoms with Gasteiger partial charge in [0.25, 0.3) is 0 Å². The summed E-state index contributed by atoms with van der Waals surface area (Å²) in [7, 11) is -3.87. The molecule has 1 amide bonds. The molecule has 3 fully saturated rings. The predicted octanol–water partition coefficient (Wildman–Crippen LogP) is 4.90. The van der Waals surface area contributed by atoms with Gasteiger partial charge in [-0.1, -0.05) is 56.6 Å². The van der Waals surface area contributed by atoms with E-state index in [1.807, 2.05) is 13.8 Å².